The molecule has 2 aliphatic rings. The van der Waals surface area contributed by atoms with Crippen molar-refractivity contribution in [2.75, 3.05) is 13.1 Å². The van der Waals surface area contributed by atoms with E-state index < -0.39 is 0 Å². The van der Waals surface area contributed by atoms with Gasteiger partial charge in [-0.15, -0.1) is 0 Å². The van der Waals surface area contributed by atoms with E-state index in [1.165, 1.54) is 0 Å². The van der Waals surface area contributed by atoms with Gasteiger partial charge in [0.05, 0.1) is 5.54 Å². The number of hydrogen-bond donors (Lipinski definition) is 2. The molecule has 2 rings (SSSR count). The Hall–Kier alpha value is -0.770. The first-order valence-electron chi connectivity index (χ1n) is 5.85. The molecular formula is C11H21N3O. The largest absolute Gasteiger partial charge is 0.351 e. The van der Waals surface area contributed by atoms with Crippen LogP contribution in [-0.2, 0) is 0 Å². The quantitative estimate of drug-likeness (QED) is 0.713. The molecule has 2 bridgehead atoms. The predicted octanol–water partition coefficient (Wildman–Crippen LogP) is 0.918. The van der Waals surface area contributed by atoms with Crippen LogP contribution in [0.2, 0.25) is 0 Å². The predicted molar refractivity (Wildman–Crippen MR) is 59.5 cm³/mol. The number of fused-ring (bicyclic) bond motifs is 2. The van der Waals surface area contributed by atoms with Gasteiger partial charge in [0.15, 0.2) is 0 Å². The topological polar surface area (TPSA) is 58.4 Å². The van der Waals surface area contributed by atoms with Crippen molar-refractivity contribution in [1.29, 1.82) is 0 Å². The number of nitrogens with zero attached hydrogens (tertiary/aromatic N) is 1. The molecule has 0 radical (unpaired) electrons. The van der Waals surface area contributed by atoms with Gasteiger partial charge < -0.3 is 16.0 Å². The lowest BCUT2D eigenvalue weighted by Gasteiger charge is -2.45. The number of amides is 2. The molecule has 0 aromatic heterocycles. The molecule has 0 spiro atoms. The molecule has 2 unspecified atom stereocenters. The highest BCUT2D eigenvalue weighted by Crippen LogP contribution is 2.40. The normalized spacial score (nSPS) is 34.9. The van der Waals surface area contributed by atoms with Crippen molar-refractivity contribution in [3.8, 4) is 0 Å². The van der Waals surface area contributed by atoms with E-state index in [2.05, 4.69) is 19.2 Å². The SMILES string of the molecule is CC(C)CC12CCC(CNC1)N2C(N)=O. The lowest BCUT2D eigenvalue weighted by molar-refractivity contribution is 0.0847. The molecule has 0 saturated carbocycles. The number of rotatable bonds is 2. The second-order valence-corrected chi connectivity index (χ2v) is 5.35. The highest BCUT2D eigenvalue weighted by molar-refractivity contribution is 5.74. The van der Waals surface area contributed by atoms with E-state index >= 15 is 0 Å². The van der Waals surface area contributed by atoms with Crippen LogP contribution in [0.1, 0.15) is 33.1 Å². The lowest BCUT2D eigenvalue weighted by Crippen LogP contribution is -2.63. The van der Waals surface area contributed by atoms with Gasteiger partial charge in [-0.1, -0.05) is 13.8 Å². The minimum absolute atomic E-state index is 0.00289. The molecule has 0 aromatic rings. The Bertz CT molecular complexity index is 263. The Labute approximate surface area is 91.2 Å². The molecule has 2 aliphatic heterocycles. The minimum Gasteiger partial charge on any atom is -0.351 e. The molecule has 15 heavy (non-hydrogen) atoms. The van der Waals surface area contributed by atoms with Crippen molar-refractivity contribution in [2.45, 2.75) is 44.7 Å². The van der Waals surface area contributed by atoms with Crippen LogP contribution in [0.15, 0.2) is 0 Å². The Kier molecular flexibility index (Phi) is 2.63. The summed E-state index contributed by atoms with van der Waals surface area (Å²) in [5.41, 5.74) is 5.51. The molecule has 2 saturated heterocycles. The van der Waals surface area contributed by atoms with E-state index in [4.69, 9.17) is 5.73 Å². The van der Waals surface area contributed by atoms with Gasteiger partial charge in [-0.05, 0) is 25.2 Å². The minimum atomic E-state index is -0.236. The van der Waals surface area contributed by atoms with Gasteiger partial charge >= 0.3 is 6.03 Å². The molecule has 86 valence electrons. The van der Waals surface area contributed by atoms with E-state index in [-0.39, 0.29) is 11.6 Å². The van der Waals surface area contributed by atoms with E-state index in [0.717, 1.165) is 32.4 Å². The number of nitrogens with one attached hydrogen (secondary N) is 1. The first-order chi connectivity index (χ1) is 7.05. The van der Waals surface area contributed by atoms with E-state index in [1.807, 2.05) is 4.90 Å². The van der Waals surface area contributed by atoms with Gasteiger partial charge in [0, 0.05) is 19.1 Å². The summed E-state index contributed by atoms with van der Waals surface area (Å²) in [6, 6.07) is 0.0923. The molecule has 4 heteroatoms. The van der Waals surface area contributed by atoms with Crippen LogP contribution in [-0.4, -0.2) is 35.6 Å². The van der Waals surface area contributed by atoms with Crippen LogP contribution < -0.4 is 11.1 Å². The van der Waals surface area contributed by atoms with Gasteiger partial charge in [0.25, 0.3) is 0 Å². The Morgan fingerprint density at radius 2 is 2.40 bits per heavy atom. The number of nitrogens with two attached hydrogens (primary N) is 1. The maximum atomic E-state index is 11.5. The first kappa shape index (κ1) is 10.7. The van der Waals surface area contributed by atoms with Crippen LogP contribution in [0.4, 0.5) is 4.79 Å². The number of hydrogen-bond acceptors (Lipinski definition) is 2. The average molecular weight is 211 g/mol. The third kappa shape index (κ3) is 1.71. The van der Waals surface area contributed by atoms with Crippen molar-refractivity contribution in [1.82, 2.24) is 10.2 Å². The number of carbonyl (C=O) groups excluding carboxylic acids is 1. The number of piperazine rings is 1. The fourth-order valence-corrected chi connectivity index (χ4v) is 3.36. The van der Waals surface area contributed by atoms with Crippen LogP contribution in [0.3, 0.4) is 0 Å². The fraction of sp³-hybridized carbons (Fsp3) is 0.909. The summed E-state index contributed by atoms with van der Waals surface area (Å²) in [6.07, 6.45) is 3.26. The van der Waals surface area contributed by atoms with Crippen molar-refractivity contribution in [3.63, 3.8) is 0 Å². The number of primary amides is 1. The summed E-state index contributed by atoms with van der Waals surface area (Å²) in [5.74, 6) is 0.602. The molecule has 0 aromatic carbocycles. The summed E-state index contributed by atoms with van der Waals surface area (Å²) in [7, 11) is 0. The maximum absolute atomic E-state index is 11.5. The summed E-state index contributed by atoms with van der Waals surface area (Å²) >= 11 is 0. The van der Waals surface area contributed by atoms with Crippen molar-refractivity contribution in [2.24, 2.45) is 11.7 Å². The van der Waals surface area contributed by atoms with Crippen LogP contribution in [0, 0.1) is 5.92 Å². The summed E-state index contributed by atoms with van der Waals surface area (Å²) in [5, 5.41) is 3.43. The van der Waals surface area contributed by atoms with E-state index in [1.54, 1.807) is 0 Å². The molecule has 2 atom stereocenters. The first-order valence-corrected chi connectivity index (χ1v) is 5.85. The highest BCUT2D eigenvalue weighted by atomic mass is 16.2. The Balaban J connectivity index is 2.23. The molecular weight excluding hydrogens is 190 g/mol. The van der Waals surface area contributed by atoms with Crippen molar-refractivity contribution >= 4 is 6.03 Å². The zero-order valence-electron chi connectivity index (χ0n) is 9.62. The van der Waals surface area contributed by atoms with Gasteiger partial charge in [-0.2, -0.15) is 0 Å². The van der Waals surface area contributed by atoms with Crippen LogP contribution in [0.5, 0.6) is 0 Å². The fourth-order valence-electron chi connectivity index (χ4n) is 3.36. The molecule has 0 aliphatic carbocycles. The second kappa shape index (κ2) is 3.67. The number of urea groups is 1. The van der Waals surface area contributed by atoms with Gasteiger partial charge in [-0.25, -0.2) is 4.79 Å². The van der Waals surface area contributed by atoms with E-state index in [9.17, 15) is 4.79 Å². The van der Waals surface area contributed by atoms with Gasteiger partial charge in [0.1, 0.15) is 0 Å². The van der Waals surface area contributed by atoms with Crippen LogP contribution >= 0.6 is 0 Å². The molecule has 2 heterocycles. The van der Waals surface area contributed by atoms with Crippen molar-refractivity contribution < 1.29 is 4.79 Å². The third-order valence-corrected chi connectivity index (χ3v) is 3.68. The molecule has 2 amide bonds. The Morgan fingerprint density at radius 1 is 1.67 bits per heavy atom. The molecule has 4 nitrogen and oxygen atoms in total. The van der Waals surface area contributed by atoms with E-state index in [0.29, 0.717) is 12.0 Å². The Morgan fingerprint density at radius 3 is 3.00 bits per heavy atom. The molecule has 2 fully saturated rings. The zero-order chi connectivity index (χ0) is 11.1. The summed E-state index contributed by atoms with van der Waals surface area (Å²) < 4.78 is 0. The third-order valence-electron chi connectivity index (χ3n) is 3.68. The number of carbonyl (C=O) groups is 1. The molecule has 3 N–H and O–H groups in total. The smallest absolute Gasteiger partial charge is 0.315 e. The van der Waals surface area contributed by atoms with Crippen LogP contribution in [0.25, 0.3) is 0 Å². The maximum Gasteiger partial charge on any atom is 0.315 e. The van der Waals surface area contributed by atoms with Crippen molar-refractivity contribution in [3.05, 3.63) is 0 Å². The zero-order valence-corrected chi connectivity index (χ0v) is 9.62. The summed E-state index contributed by atoms with van der Waals surface area (Å²) in [4.78, 5) is 13.5. The average Bonchev–Trinajstić information content (AvgIpc) is 2.33. The monoisotopic (exact) mass is 211 g/mol. The summed E-state index contributed by atoms with van der Waals surface area (Å²) in [6.45, 7) is 6.22. The van der Waals surface area contributed by atoms with Gasteiger partial charge in [-0.3, -0.25) is 0 Å². The standard InChI is InChI=1S/C11H21N3O/c1-8(2)5-11-4-3-9(6-13-7-11)14(11)10(12)15/h8-9,13H,3-7H2,1-2H3,(H2,12,15). The highest BCUT2D eigenvalue weighted by Gasteiger charge is 2.50. The second-order valence-electron chi connectivity index (χ2n) is 5.35. The lowest BCUT2D eigenvalue weighted by atomic mass is 9.86. The van der Waals surface area contributed by atoms with Gasteiger partial charge in [0.2, 0.25) is 0 Å².